The van der Waals surface area contributed by atoms with Gasteiger partial charge in [0, 0.05) is 16.9 Å². The molecule has 0 aliphatic carbocycles. The maximum absolute atomic E-state index is 12.7. The van der Waals surface area contributed by atoms with Crippen molar-refractivity contribution >= 4 is 33.8 Å². The molecule has 0 amide bonds. The molecule has 0 bridgehead atoms. The Labute approximate surface area is 184 Å². The minimum Gasteiger partial charge on any atom is -0.467 e. The van der Waals surface area contributed by atoms with Gasteiger partial charge in [0.25, 0.3) is 0 Å². The molecular formula is C22H26BrNO6. The molecule has 7 nitrogen and oxygen atoms in total. The monoisotopic (exact) mass is 479 g/mol. The van der Waals surface area contributed by atoms with E-state index in [-0.39, 0.29) is 17.1 Å². The number of benzene rings is 1. The summed E-state index contributed by atoms with van der Waals surface area (Å²) in [5.41, 5.74) is 1.16. The summed E-state index contributed by atoms with van der Waals surface area (Å²) in [6.07, 6.45) is 3.56. The average molecular weight is 480 g/mol. The van der Waals surface area contributed by atoms with Crippen LogP contribution in [0.15, 0.2) is 52.3 Å². The Hall–Kier alpha value is -2.61. The number of nitrogens with zero attached hydrogens (tertiary/aromatic N) is 1. The van der Waals surface area contributed by atoms with Gasteiger partial charge in [-0.05, 0) is 30.0 Å². The summed E-state index contributed by atoms with van der Waals surface area (Å²) in [6.45, 7) is 3.95. The number of halogens is 1. The van der Waals surface area contributed by atoms with Gasteiger partial charge in [-0.15, -0.1) is 0 Å². The number of rotatable bonds is 7. The van der Waals surface area contributed by atoms with Gasteiger partial charge in [-0.25, -0.2) is 14.4 Å². The molecule has 2 rings (SSSR count). The molecule has 1 heterocycles. The lowest BCUT2D eigenvalue weighted by Crippen LogP contribution is -2.40. The van der Waals surface area contributed by atoms with Crippen molar-refractivity contribution < 1.29 is 28.6 Å². The Bertz CT molecular complexity index is 825. The molecule has 30 heavy (non-hydrogen) atoms. The fraction of sp³-hybridized carbons (Fsp3) is 0.409. The third-order valence-corrected chi connectivity index (χ3v) is 5.30. The molecule has 8 heteroatoms. The molecule has 0 unspecified atom stereocenters. The summed E-state index contributed by atoms with van der Waals surface area (Å²) in [5.74, 6) is -2.20. The van der Waals surface area contributed by atoms with Crippen molar-refractivity contribution in [2.75, 3.05) is 21.3 Å². The number of ether oxygens (including phenoxy) is 3. The zero-order chi connectivity index (χ0) is 22.4. The van der Waals surface area contributed by atoms with Crippen molar-refractivity contribution in [2.24, 2.45) is 5.92 Å². The van der Waals surface area contributed by atoms with Crippen LogP contribution in [0.25, 0.3) is 0 Å². The summed E-state index contributed by atoms with van der Waals surface area (Å²) < 4.78 is 15.8. The summed E-state index contributed by atoms with van der Waals surface area (Å²) in [6, 6.07) is 6.55. The van der Waals surface area contributed by atoms with Crippen LogP contribution in [0.4, 0.5) is 0 Å². The Morgan fingerprint density at radius 2 is 1.43 bits per heavy atom. The van der Waals surface area contributed by atoms with Gasteiger partial charge in [0.05, 0.1) is 38.4 Å². The van der Waals surface area contributed by atoms with Crippen molar-refractivity contribution in [2.45, 2.75) is 32.2 Å². The molecule has 1 aliphatic rings. The highest BCUT2D eigenvalue weighted by Crippen LogP contribution is 2.38. The van der Waals surface area contributed by atoms with E-state index in [2.05, 4.69) is 15.9 Å². The van der Waals surface area contributed by atoms with Crippen molar-refractivity contribution in [1.29, 1.82) is 0 Å². The molecule has 1 aliphatic heterocycles. The zero-order valence-corrected chi connectivity index (χ0v) is 19.3. The van der Waals surface area contributed by atoms with E-state index in [1.54, 1.807) is 17.3 Å². The molecule has 0 saturated heterocycles. The lowest BCUT2D eigenvalue weighted by molar-refractivity contribution is -0.146. The van der Waals surface area contributed by atoms with Crippen LogP contribution in [0, 0.1) is 5.92 Å². The van der Waals surface area contributed by atoms with Crippen LogP contribution in [-0.2, 0) is 28.6 Å². The minimum atomic E-state index is -0.708. The normalized spacial score (nSPS) is 15.2. The standard InChI is InChI=1S/C22H26BrNO6/c1-13(2)10-18(22(27)30-5)24-11-16(20(25)28-3)19(17(12-24)21(26)29-4)14-6-8-15(23)9-7-14/h6-9,11-13,18-19H,10H2,1-5H3/t18-/m1/s1. The van der Waals surface area contributed by atoms with E-state index in [1.165, 1.54) is 21.3 Å². The third-order valence-electron chi connectivity index (χ3n) is 4.77. The predicted octanol–water partition coefficient (Wildman–Crippen LogP) is 3.55. The topological polar surface area (TPSA) is 82.1 Å². The summed E-state index contributed by atoms with van der Waals surface area (Å²) >= 11 is 3.39. The molecule has 1 atom stereocenters. The largest absolute Gasteiger partial charge is 0.467 e. The van der Waals surface area contributed by atoms with E-state index < -0.39 is 29.9 Å². The van der Waals surface area contributed by atoms with Crippen molar-refractivity contribution in [3.05, 3.63) is 57.8 Å². The van der Waals surface area contributed by atoms with Crippen LogP contribution in [-0.4, -0.2) is 50.2 Å². The van der Waals surface area contributed by atoms with Gasteiger partial charge < -0.3 is 19.1 Å². The highest BCUT2D eigenvalue weighted by molar-refractivity contribution is 9.10. The minimum absolute atomic E-state index is 0.170. The maximum Gasteiger partial charge on any atom is 0.336 e. The van der Waals surface area contributed by atoms with E-state index in [1.807, 2.05) is 38.1 Å². The highest BCUT2D eigenvalue weighted by atomic mass is 79.9. The fourth-order valence-electron chi connectivity index (χ4n) is 3.37. The molecule has 1 aromatic carbocycles. The smallest absolute Gasteiger partial charge is 0.336 e. The van der Waals surface area contributed by atoms with Crippen molar-refractivity contribution in [1.82, 2.24) is 4.90 Å². The highest BCUT2D eigenvalue weighted by Gasteiger charge is 2.38. The summed E-state index contributed by atoms with van der Waals surface area (Å²) in [7, 11) is 3.85. The number of hydrogen-bond donors (Lipinski definition) is 0. The third kappa shape index (κ3) is 5.30. The van der Waals surface area contributed by atoms with Gasteiger partial charge in [-0.2, -0.15) is 0 Å². The Kier molecular flexibility index (Phi) is 8.23. The molecule has 1 aromatic rings. The fourth-order valence-corrected chi connectivity index (χ4v) is 3.63. The zero-order valence-electron chi connectivity index (χ0n) is 17.7. The van der Waals surface area contributed by atoms with Crippen LogP contribution < -0.4 is 0 Å². The molecule has 0 N–H and O–H groups in total. The van der Waals surface area contributed by atoms with Gasteiger partial charge in [-0.3, -0.25) is 0 Å². The Morgan fingerprint density at radius 3 is 1.83 bits per heavy atom. The number of carbonyl (C=O) groups is 3. The second-order valence-electron chi connectivity index (χ2n) is 7.25. The first kappa shape index (κ1) is 23.7. The van der Waals surface area contributed by atoms with E-state index in [4.69, 9.17) is 14.2 Å². The lowest BCUT2D eigenvalue weighted by Gasteiger charge is -2.34. The second-order valence-corrected chi connectivity index (χ2v) is 8.17. The number of methoxy groups -OCH3 is 3. The first-order valence-corrected chi connectivity index (χ1v) is 10.2. The molecule has 0 spiro atoms. The van der Waals surface area contributed by atoms with E-state index in [0.29, 0.717) is 12.0 Å². The van der Waals surface area contributed by atoms with Gasteiger partial charge in [0.1, 0.15) is 6.04 Å². The van der Waals surface area contributed by atoms with Gasteiger partial charge in [0.15, 0.2) is 0 Å². The molecule has 0 radical (unpaired) electrons. The number of carbonyl (C=O) groups excluding carboxylic acids is 3. The maximum atomic E-state index is 12.7. The lowest BCUT2D eigenvalue weighted by atomic mass is 9.83. The second kappa shape index (κ2) is 10.4. The SMILES string of the molecule is COC(=O)C1=CN([C@H](CC(C)C)C(=O)OC)C=C(C(=O)OC)C1c1ccc(Br)cc1. The first-order valence-electron chi connectivity index (χ1n) is 9.44. The van der Waals surface area contributed by atoms with Crippen LogP contribution in [0.5, 0.6) is 0 Å². The Morgan fingerprint density at radius 1 is 0.933 bits per heavy atom. The van der Waals surface area contributed by atoms with Crippen molar-refractivity contribution in [3.8, 4) is 0 Å². The van der Waals surface area contributed by atoms with Crippen LogP contribution in [0.3, 0.4) is 0 Å². The Balaban J connectivity index is 2.66. The van der Waals surface area contributed by atoms with Gasteiger partial charge >= 0.3 is 17.9 Å². The van der Waals surface area contributed by atoms with Crippen LogP contribution in [0.1, 0.15) is 31.7 Å². The molecule has 0 fully saturated rings. The van der Waals surface area contributed by atoms with Crippen LogP contribution in [0.2, 0.25) is 0 Å². The average Bonchev–Trinajstić information content (AvgIpc) is 2.75. The van der Waals surface area contributed by atoms with Crippen LogP contribution >= 0.6 is 15.9 Å². The first-order chi connectivity index (χ1) is 14.2. The van der Waals surface area contributed by atoms with Crippen molar-refractivity contribution in [3.63, 3.8) is 0 Å². The quantitative estimate of drug-likeness (QED) is 0.436. The van der Waals surface area contributed by atoms with Gasteiger partial charge in [0.2, 0.25) is 0 Å². The molecule has 0 saturated carbocycles. The molecule has 0 aromatic heterocycles. The molecular weight excluding hydrogens is 454 g/mol. The van der Waals surface area contributed by atoms with E-state index in [0.717, 1.165) is 4.47 Å². The number of hydrogen-bond acceptors (Lipinski definition) is 7. The van der Waals surface area contributed by atoms with E-state index in [9.17, 15) is 14.4 Å². The summed E-state index contributed by atoms with van der Waals surface area (Å²) in [5, 5.41) is 0. The summed E-state index contributed by atoms with van der Waals surface area (Å²) in [4.78, 5) is 39.4. The van der Waals surface area contributed by atoms with E-state index >= 15 is 0 Å². The predicted molar refractivity (Wildman–Crippen MR) is 114 cm³/mol. The number of esters is 3. The van der Waals surface area contributed by atoms with Gasteiger partial charge in [-0.1, -0.05) is 41.9 Å². The molecule has 162 valence electrons.